The highest BCUT2D eigenvalue weighted by atomic mass is 35.5. The number of hydrogen-bond donors (Lipinski definition) is 0. The predicted octanol–water partition coefficient (Wildman–Crippen LogP) is 3.04. The van der Waals surface area contributed by atoms with E-state index in [1.165, 1.54) is 11.1 Å². The minimum Gasteiger partial charge on any atom is -0.378 e. The van der Waals surface area contributed by atoms with Crippen LogP contribution < -0.4 is 4.90 Å². The number of rotatable bonds is 3. The van der Waals surface area contributed by atoms with Gasteiger partial charge in [0.25, 0.3) is 0 Å². The van der Waals surface area contributed by atoms with Crippen molar-refractivity contribution in [3.05, 3.63) is 52.4 Å². The standard InChI is InChI=1S/C17H18ClN3O/c1-22-12-9-21(10-12)16-14-8-7-13(11-5-3-2-4-6-11)15(14)19-17(18)20-16/h2-6,12-13H,7-10H2,1H3. The maximum absolute atomic E-state index is 6.20. The fraction of sp³-hybridized carbons (Fsp3) is 0.412. The van der Waals surface area contributed by atoms with Crippen molar-refractivity contribution >= 4 is 17.4 Å². The topological polar surface area (TPSA) is 38.2 Å². The zero-order chi connectivity index (χ0) is 15.1. The maximum atomic E-state index is 6.20. The number of ether oxygens (including phenoxy) is 1. The average Bonchev–Trinajstić information content (AvgIpc) is 2.90. The largest absolute Gasteiger partial charge is 0.378 e. The van der Waals surface area contributed by atoms with Crippen LogP contribution in [0.15, 0.2) is 30.3 Å². The van der Waals surface area contributed by atoms with Crippen LogP contribution in [0.1, 0.15) is 29.2 Å². The van der Waals surface area contributed by atoms with E-state index in [2.05, 4.69) is 39.1 Å². The molecule has 114 valence electrons. The lowest BCUT2D eigenvalue weighted by Crippen LogP contribution is -2.52. The Morgan fingerprint density at radius 1 is 1.18 bits per heavy atom. The van der Waals surface area contributed by atoms with Gasteiger partial charge in [0.2, 0.25) is 5.28 Å². The molecule has 1 saturated heterocycles. The number of anilines is 1. The summed E-state index contributed by atoms with van der Waals surface area (Å²) < 4.78 is 5.36. The van der Waals surface area contributed by atoms with Crippen LogP contribution in [-0.4, -0.2) is 36.3 Å². The molecule has 1 atom stereocenters. The zero-order valence-corrected chi connectivity index (χ0v) is 13.3. The molecule has 0 bridgehead atoms. The molecule has 1 aliphatic carbocycles. The average molecular weight is 316 g/mol. The van der Waals surface area contributed by atoms with Crippen LogP contribution in [0.2, 0.25) is 5.28 Å². The Bertz CT molecular complexity index is 686. The van der Waals surface area contributed by atoms with E-state index in [0.29, 0.717) is 17.3 Å². The Labute approximate surface area is 135 Å². The van der Waals surface area contributed by atoms with Crippen LogP contribution in [0.25, 0.3) is 0 Å². The van der Waals surface area contributed by atoms with Gasteiger partial charge in [0, 0.05) is 31.7 Å². The molecular weight excluding hydrogens is 298 g/mol. The first kappa shape index (κ1) is 14.0. The molecule has 1 aromatic carbocycles. The van der Waals surface area contributed by atoms with Crippen molar-refractivity contribution < 1.29 is 4.74 Å². The molecule has 4 rings (SSSR count). The third-order valence-corrected chi connectivity index (χ3v) is 4.85. The van der Waals surface area contributed by atoms with Gasteiger partial charge in [-0.3, -0.25) is 0 Å². The molecule has 4 nitrogen and oxygen atoms in total. The second-order valence-corrected chi connectivity index (χ2v) is 6.28. The van der Waals surface area contributed by atoms with Gasteiger partial charge >= 0.3 is 0 Å². The van der Waals surface area contributed by atoms with Gasteiger partial charge in [0.05, 0.1) is 11.8 Å². The Kier molecular flexibility index (Phi) is 3.51. The van der Waals surface area contributed by atoms with E-state index in [0.717, 1.165) is 37.4 Å². The normalized spacial score (nSPS) is 20.8. The van der Waals surface area contributed by atoms with Crippen LogP contribution in [0.5, 0.6) is 0 Å². The summed E-state index contributed by atoms with van der Waals surface area (Å²) in [4.78, 5) is 11.3. The summed E-state index contributed by atoms with van der Waals surface area (Å²) in [5.41, 5.74) is 3.66. The maximum Gasteiger partial charge on any atom is 0.224 e. The number of fused-ring (bicyclic) bond motifs is 1. The molecule has 0 radical (unpaired) electrons. The number of benzene rings is 1. The predicted molar refractivity (Wildman–Crippen MR) is 86.7 cm³/mol. The van der Waals surface area contributed by atoms with Crippen LogP contribution in [0, 0.1) is 0 Å². The molecule has 1 aromatic heterocycles. The van der Waals surface area contributed by atoms with Gasteiger partial charge in [0.15, 0.2) is 0 Å². The van der Waals surface area contributed by atoms with Crippen molar-refractivity contribution in [3.63, 3.8) is 0 Å². The highest BCUT2D eigenvalue weighted by Gasteiger charge is 2.35. The van der Waals surface area contributed by atoms with E-state index in [4.69, 9.17) is 16.3 Å². The highest BCUT2D eigenvalue weighted by Crippen LogP contribution is 2.41. The fourth-order valence-electron chi connectivity index (χ4n) is 3.45. The van der Waals surface area contributed by atoms with E-state index in [9.17, 15) is 0 Å². The van der Waals surface area contributed by atoms with Crippen LogP contribution >= 0.6 is 11.6 Å². The Morgan fingerprint density at radius 3 is 2.68 bits per heavy atom. The Hall–Kier alpha value is -1.65. The molecule has 0 N–H and O–H groups in total. The van der Waals surface area contributed by atoms with Gasteiger partial charge in [-0.25, -0.2) is 9.97 Å². The van der Waals surface area contributed by atoms with Crippen molar-refractivity contribution in [2.45, 2.75) is 24.9 Å². The summed E-state index contributed by atoms with van der Waals surface area (Å²) in [5, 5.41) is 0.345. The smallest absolute Gasteiger partial charge is 0.224 e. The summed E-state index contributed by atoms with van der Waals surface area (Å²) in [6, 6.07) is 10.5. The van der Waals surface area contributed by atoms with Crippen LogP contribution in [0.4, 0.5) is 5.82 Å². The highest BCUT2D eigenvalue weighted by molar-refractivity contribution is 6.28. The molecule has 0 amide bonds. The lowest BCUT2D eigenvalue weighted by atomic mass is 9.97. The third kappa shape index (κ3) is 2.27. The van der Waals surface area contributed by atoms with Crippen molar-refractivity contribution in [3.8, 4) is 0 Å². The monoisotopic (exact) mass is 315 g/mol. The van der Waals surface area contributed by atoms with Gasteiger partial charge in [-0.2, -0.15) is 0 Å². The van der Waals surface area contributed by atoms with Crippen molar-refractivity contribution in [2.75, 3.05) is 25.1 Å². The minimum absolute atomic E-state index is 0.302. The lowest BCUT2D eigenvalue weighted by Gasteiger charge is -2.39. The number of methoxy groups -OCH3 is 1. The van der Waals surface area contributed by atoms with E-state index < -0.39 is 0 Å². The lowest BCUT2D eigenvalue weighted by molar-refractivity contribution is 0.0782. The molecule has 2 heterocycles. The molecule has 1 fully saturated rings. The SMILES string of the molecule is COC1CN(c2nc(Cl)nc3c2CCC3c2ccccc2)C1. The molecule has 5 heteroatoms. The van der Waals surface area contributed by atoms with Crippen molar-refractivity contribution in [1.29, 1.82) is 0 Å². The number of hydrogen-bond acceptors (Lipinski definition) is 4. The van der Waals surface area contributed by atoms with Crippen LogP contribution in [0.3, 0.4) is 0 Å². The van der Waals surface area contributed by atoms with Gasteiger partial charge in [0.1, 0.15) is 5.82 Å². The summed E-state index contributed by atoms with van der Waals surface area (Å²) in [6.45, 7) is 1.76. The van der Waals surface area contributed by atoms with E-state index in [-0.39, 0.29) is 0 Å². The summed E-state index contributed by atoms with van der Waals surface area (Å²) in [5.74, 6) is 1.33. The third-order valence-electron chi connectivity index (χ3n) is 4.69. The number of halogens is 1. The second-order valence-electron chi connectivity index (χ2n) is 5.94. The Balaban J connectivity index is 1.70. The number of aromatic nitrogens is 2. The first-order valence-electron chi connectivity index (χ1n) is 7.65. The molecule has 2 aliphatic rings. The molecule has 0 saturated carbocycles. The second kappa shape index (κ2) is 5.52. The molecular formula is C17H18ClN3O. The first-order chi connectivity index (χ1) is 10.8. The van der Waals surface area contributed by atoms with Crippen LogP contribution in [-0.2, 0) is 11.2 Å². The van der Waals surface area contributed by atoms with Gasteiger partial charge in [-0.15, -0.1) is 0 Å². The molecule has 0 spiro atoms. The van der Waals surface area contributed by atoms with Crippen molar-refractivity contribution in [1.82, 2.24) is 9.97 Å². The zero-order valence-electron chi connectivity index (χ0n) is 12.5. The number of nitrogens with zero attached hydrogens (tertiary/aromatic N) is 3. The first-order valence-corrected chi connectivity index (χ1v) is 8.03. The van der Waals surface area contributed by atoms with E-state index >= 15 is 0 Å². The minimum atomic E-state index is 0.302. The molecule has 1 unspecified atom stereocenters. The van der Waals surface area contributed by atoms with E-state index in [1.54, 1.807) is 7.11 Å². The summed E-state index contributed by atoms with van der Waals surface area (Å²) in [7, 11) is 1.75. The quantitative estimate of drug-likeness (QED) is 0.816. The van der Waals surface area contributed by atoms with Gasteiger partial charge in [-0.1, -0.05) is 30.3 Å². The molecule has 1 aliphatic heterocycles. The van der Waals surface area contributed by atoms with Gasteiger partial charge in [-0.05, 0) is 30.0 Å². The summed E-state index contributed by atoms with van der Waals surface area (Å²) in [6.07, 6.45) is 2.38. The Morgan fingerprint density at radius 2 is 1.95 bits per heavy atom. The molecule has 22 heavy (non-hydrogen) atoms. The van der Waals surface area contributed by atoms with Crippen molar-refractivity contribution in [2.24, 2.45) is 0 Å². The summed E-state index contributed by atoms with van der Waals surface area (Å²) >= 11 is 6.20. The van der Waals surface area contributed by atoms with E-state index in [1.807, 2.05) is 6.07 Å². The van der Waals surface area contributed by atoms with Gasteiger partial charge < -0.3 is 9.64 Å². The molecule has 2 aromatic rings. The fourth-order valence-corrected chi connectivity index (χ4v) is 3.62.